The summed E-state index contributed by atoms with van der Waals surface area (Å²) in [6.07, 6.45) is -12.1. The summed E-state index contributed by atoms with van der Waals surface area (Å²) in [5.74, 6) is -0.741. The van der Waals surface area contributed by atoms with E-state index >= 15 is 0 Å². The lowest BCUT2D eigenvalue weighted by Gasteiger charge is -2.18. The number of ketones is 2. The van der Waals surface area contributed by atoms with E-state index in [0.29, 0.717) is 33.4 Å². The lowest BCUT2D eigenvalue weighted by molar-refractivity contribution is -0.385. The Kier molecular flexibility index (Phi) is 13.1. The van der Waals surface area contributed by atoms with Crippen molar-refractivity contribution in [2.75, 3.05) is 0 Å². The molecule has 0 amide bonds. The van der Waals surface area contributed by atoms with E-state index in [0.717, 1.165) is 6.07 Å². The first kappa shape index (κ1) is 41.3. The minimum Gasteiger partial charge on any atom is -0.379 e. The Labute approximate surface area is 298 Å². The average Bonchev–Trinajstić information content (AvgIpc) is 3.06. The van der Waals surface area contributed by atoms with E-state index in [1.165, 1.54) is 66.7 Å². The number of aryl methyl sites for hydroxylation is 4. The number of nitro benzene ring substituents is 2. The number of nitro groups is 2. The van der Waals surface area contributed by atoms with Crippen molar-refractivity contribution >= 4 is 34.5 Å². The number of rotatable bonds is 10. The minimum absolute atomic E-state index is 0.0713. The molecule has 276 valence electrons. The molecule has 2 atom stereocenters. The number of aliphatic hydroxyl groups excluding tert-OH is 1. The van der Waals surface area contributed by atoms with Crippen LogP contribution < -0.4 is 0 Å². The molecule has 0 saturated heterocycles. The summed E-state index contributed by atoms with van der Waals surface area (Å²) in [5.41, 5.74) is 2.52. The van der Waals surface area contributed by atoms with Crippen LogP contribution in [0.1, 0.15) is 76.7 Å². The fourth-order valence-corrected chi connectivity index (χ4v) is 5.53. The first-order valence-electron chi connectivity index (χ1n) is 15.2. The Bertz CT molecular complexity index is 1820. The molecule has 0 radical (unpaired) electrons. The lowest BCUT2D eigenvalue weighted by Crippen LogP contribution is -2.20. The van der Waals surface area contributed by atoms with Crippen molar-refractivity contribution in [1.29, 1.82) is 0 Å². The largest absolute Gasteiger partial charge is 0.418 e. The molecule has 16 heteroatoms. The zero-order valence-electron chi connectivity index (χ0n) is 27.9. The van der Waals surface area contributed by atoms with Crippen LogP contribution in [0.25, 0.3) is 0 Å². The molecule has 0 spiro atoms. The van der Waals surface area contributed by atoms with Crippen molar-refractivity contribution in [2.24, 2.45) is 0 Å². The van der Waals surface area contributed by atoms with Crippen LogP contribution in [-0.4, -0.2) is 38.9 Å². The quantitative estimate of drug-likeness (QED) is 0.0559. The predicted molar refractivity (Wildman–Crippen MR) is 180 cm³/mol. The van der Waals surface area contributed by atoms with Gasteiger partial charge in [-0.3, -0.25) is 29.8 Å². The van der Waals surface area contributed by atoms with Gasteiger partial charge in [0.1, 0.15) is 0 Å². The molecule has 4 aromatic rings. The van der Waals surface area contributed by atoms with E-state index in [1.54, 1.807) is 27.7 Å². The number of aliphatic hydroxyl groups is 1. The zero-order chi connectivity index (χ0) is 39.3. The second-order valence-electron chi connectivity index (χ2n) is 11.9. The standard InChI is InChI=1S/C18H15ClF3NO3.C18H16F3NO4/c1-10-6-13(17(19)18(20,21)22)7-11(2)15(10)9-16(24)12-4-3-5-14(8-12)23(25)26;1-10-6-13(17(24)18(19,20)21)7-11(2)15(10)9-16(23)12-4-3-5-14(8-12)22(25)26/h3-8,17H,9H2,1-2H3;3-8,17,24H,9H2,1-2H3. The van der Waals surface area contributed by atoms with Crippen LogP contribution in [-0.2, 0) is 12.8 Å². The van der Waals surface area contributed by atoms with Gasteiger partial charge in [-0.25, -0.2) is 0 Å². The summed E-state index contributed by atoms with van der Waals surface area (Å²) in [7, 11) is 0. The van der Waals surface area contributed by atoms with E-state index in [9.17, 15) is 61.3 Å². The van der Waals surface area contributed by atoms with E-state index in [-0.39, 0.29) is 58.0 Å². The van der Waals surface area contributed by atoms with Crippen LogP contribution in [0.4, 0.5) is 37.7 Å². The van der Waals surface area contributed by atoms with Crippen molar-refractivity contribution in [2.45, 2.75) is 64.4 Å². The number of carbonyl (C=O) groups excluding carboxylic acids is 2. The molecule has 0 heterocycles. The molecule has 4 aromatic carbocycles. The summed E-state index contributed by atoms with van der Waals surface area (Å²) in [5, 5.41) is 28.9. The molecule has 0 aliphatic carbocycles. The Morgan fingerprint density at radius 2 is 1.00 bits per heavy atom. The SMILES string of the molecule is Cc1cc(C(Cl)C(F)(F)F)cc(C)c1CC(=O)c1cccc([N+](=O)[O-])c1.Cc1cc(C(O)C(F)(F)F)cc(C)c1CC(=O)c1cccc([N+](=O)[O-])c1. The van der Waals surface area contributed by atoms with Gasteiger partial charge in [-0.1, -0.05) is 48.5 Å². The first-order valence-corrected chi connectivity index (χ1v) is 15.7. The fourth-order valence-electron chi connectivity index (χ4n) is 5.40. The van der Waals surface area contributed by atoms with Gasteiger partial charge in [0.15, 0.2) is 23.0 Å². The molecule has 9 nitrogen and oxygen atoms in total. The van der Waals surface area contributed by atoms with Gasteiger partial charge < -0.3 is 5.11 Å². The van der Waals surface area contributed by atoms with Crippen LogP contribution in [0.5, 0.6) is 0 Å². The Morgan fingerprint density at radius 3 is 1.31 bits per heavy atom. The van der Waals surface area contributed by atoms with Crippen molar-refractivity contribution in [1.82, 2.24) is 0 Å². The minimum atomic E-state index is -4.78. The Balaban J connectivity index is 0.000000280. The second kappa shape index (κ2) is 16.5. The number of halogens is 7. The number of hydrogen-bond donors (Lipinski definition) is 1. The molecule has 2 unspecified atom stereocenters. The van der Waals surface area contributed by atoms with Gasteiger partial charge in [-0.15, -0.1) is 11.6 Å². The van der Waals surface area contributed by atoms with Gasteiger partial charge in [0.2, 0.25) is 0 Å². The number of hydrogen-bond acceptors (Lipinski definition) is 7. The Hall–Kier alpha value is -5.15. The number of alkyl halides is 7. The van der Waals surface area contributed by atoms with Crippen molar-refractivity contribution < 1.29 is 50.9 Å². The summed E-state index contributed by atoms with van der Waals surface area (Å²) < 4.78 is 76.4. The maximum atomic E-state index is 12.8. The molecule has 0 fully saturated rings. The number of carbonyl (C=O) groups is 2. The predicted octanol–water partition coefficient (Wildman–Crippen LogP) is 9.71. The highest BCUT2D eigenvalue weighted by Gasteiger charge is 2.40. The van der Waals surface area contributed by atoms with Crippen molar-refractivity contribution in [3.05, 3.63) is 149 Å². The molecule has 0 saturated carbocycles. The third kappa shape index (κ3) is 10.4. The highest BCUT2D eigenvalue weighted by molar-refractivity contribution is 6.21. The first-order chi connectivity index (χ1) is 24.0. The summed E-state index contributed by atoms with van der Waals surface area (Å²) in [6, 6.07) is 15.6. The molecule has 0 aromatic heterocycles. The van der Waals surface area contributed by atoms with Crippen molar-refractivity contribution in [3.63, 3.8) is 0 Å². The van der Waals surface area contributed by atoms with Crippen LogP contribution in [0.15, 0.2) is 72.8 Å². The number of benzene rings is 4. The van der Waals surface area contributed by atoms with E-state index < -0.39 is 33.7 Å². The molecule has 1 N–H and O–H groups in total. The van der Waals surface area contributed by atoms with Gasteiger partial charge in [0.05, 0.1) is 9.85 Å². The molecule has 0 bridgehead atoms. The van der Waals surface area contributed by atoms with Crippen LogP contribution in [0, 0.1) is 47.9 Å². The van der Waals surface area contributed by atoms with Gasteiger partial charge in [0.25, 0.3) is 11.4 Å². The molecule has 52 heavy (non-hydrogen) atoms. The fraction of sp³-hybridized carbons (Fsp3) is 0.278. The van der Waals surface area contributed by atoms with Crippen LogP contribution in [0.2, 0.25) is 0 Å². The smallest absolute Gasteiger partial charge is 0.379 e. The monoisotopic (exact) mass is 752 g/mol. The molecular weight excluding hydrogens is 722 g/mol. The number of non-ortho nitro benzene ring substituents is 2. The third-order valence-electron chi connectivity index (χ3n) is 8.08. The van der Waals surface area contributed by atoms with Gasteiger partial charge in [0, 0.05) is 48.2 Å². The van der Waals surface area contributed by atoms with Crippen LogP contribution in [0.3, 0.4) is 0 Å². The zero-order valence-corrected chi connectivity index (χ0v) is 28.7. The average molecular weight is 753 g/mol. The molecule has 0 aliphatic heterocycles. The van der Waals surface area contributed by atoms with E-state index in [4.69, 9.17) is 11.6 Å². The van der Waals surface area contributed by atoms with E-state index in [1.807, 2.05) is 0 Å². The summed E-state index contributed by atoms with van der Waals surface area (Å²) in [4.78, 5) is 45.3. The summed E-state index contributed by atoms with van der Waals surface area (Å²) in [6.45, 7) is 6.31. The highest BCUT2D eigenvalue weighted by Crippen LogP contribution is 2.39. The highest BCUT2D eigenvalue weighted by atomic mass is 35.5. The van der Waals surface area contributed by atoms with Gasteiger partial charge >= 0.3 is 12.4 Å². The molecular formula is C36H31ClF6N2O7. The number of nitrogens with zero attached hydrogens (tertiary/aromatic N) is 2. The second-order valence-corrected chi connectivity index (χ2v) is 12.4. The number of Topliss-reactive ketones (excluding diaryl/α,β-unsaturated/α-hetero) is 2. The van der Waals surface area contributed by atoms with Crippen LogP contribution >= 0.6 is 11.6 Å². The molecule has 4 rings (SSSR count). The van der Waals surface area contributed by atoms with Crippen molar-refractivity contribution in [3.8, 4) is 0 Å². The summed E-state index contributed by atoms with van der Waals surface area (Å²) >= 11 is 5.47. The normalized spacial score (nSPS) is 12.7. The lowest BCUT2D eigenvalue weighted by atomic mass is 9.92. The maximum Gasteiger partial charge on any atom is 0.418 e. The third-order valence-corrected chi connectivity index (χ3v) is 8.57. The Morgan fingerprint density at radius 1 is 0.654 bits per heavy atom. The van der Waals surface area contributed by atoms with Gasteiger partial charge in [-0.05, 0) is 72.2 Å². The van der Waals surface area contributed by atoms with Gasteiger partial charge in [-0.2, -0.15) is 26.3 Å². The van der Waals surface area contributed by atoms with E-state index in [2.05, 4.69) is 0 Å². The maximum absolute atomic E-state index is 12.8. The topological polar surface area (TPSA) is 141 Å². The molecule has 0 aliphatic rings.